The number of benzene rings is 1. The van der Waals surface area contributed by atoms with Crippen LogP contribution in [-0.4, -0.2) is 33.5 Å². The zero-order chi connectivity index (χ0) is 20.2. The predicted octanol–water partition coefficient (Wildman–Crippen LogP) is 4.99. The van der Waals surface area contributed by atoms with Crippen LogP contribution in [0, 0.1) is 6.92 Å². The Hall–Kier alpha value is -2.60. The minimum absolute atomic E-state index is 0.276. The van der Waals surface area contributed by atoms with Crippen LogP contribution in [0.3, 0.4) is 0 Å². The largest absolute Gasteiger partial charge is 0.497 e. The molecule has 1 saturated heterocycles. The fourth-order valence-corrected chi connectivity index (χ4v) is 4.21. The van der Waals surface area contributed by atoms with E-state index in [1.54, 1.807) is 7.11 Å². The highest BCUT2D eigenvalue weighted by Gasteiger charge is 2.27. The molecule has 1 aromatic carbocycles. The predicted molar refractivity (Wildman–Crippen MR) is 113 cm³/mol. The van der Waals surface area contributed by atoms with Crippen LogP contribution < -0.4 is 4.74 Å². The van der Waals surface area contributed by atoms with E-state index in [4.69, 9.17) is 9.26 Å². The summed E-state index contributed by atoms with van der Waals surface area (Å²) in [5.41, 5.74) is 4.61. The first-order chi connectivity index (χ1) is 14.2. The van der Waals surface area contributed by atoms with Gasteiger partial charge in [-0.25, -0.2) is 0 Å². The van der Waals surface area contributed by atoms with Gasteiger partial charge in [0, 0.05) is 36.0 Å². The summed E-state index contributed by atoms with van der Waals surface area (Å²) < 4.78 is 13.0. The molecule has 29 heavy (non-hydrogen) atoms. The smallest absolute Gasteiger partial charge is 0.167 e. The van der Waals surface area contributed by atoms with Crippen molar-refractivity contribution in [2.45, 2.75) is 58.7 Å². The molecule has 4 rings (SSSR count). The summed E-state index contributed by atoms with van der Waals surface area (Å²) in [6.45, 7) is 7.18. The van der Waals surface area contributed by atoms with Crippen LogP contribution >= 0.6 is 0 Å². The van der Waals surface area contributed by atoms with Crippen molar-refractivity contribution in [2.24, 2.45) is 0 Å². The van der Waals surface area contributed by atoms with E-state index in [1.165, 1.54) is 30.5 Å². The molecule has 0 unspecified atom stereocenters. The van der Waals surface area contributed by atoms with Crippen molar-refractivity contribution in [3.63, 3.8) is 0 Å². The molecule has 0 aliphatic carbocycles. The quantitative estimate of drug-likeness (QED) is 0.589. The van der Waals surface area contributed by atoms with Crippen LogP contribution in [0.15, 0.2) is 41.1 Å². The van der Waals surface area contributed by atoms with E-state index in [1.807, 2.05) is 30.5 Å². The van der Waals surface area contributed by atoms with Gasteiger partial charge < -0.3 is 9.26 Å². The van der Waals surface area contributed by atoms with Gasteiger partial charge in [-0.1, -0.05) is 18.0 Å². The second-order valence-electron chi connectivity index (χ2n) is 7.75. The lowest BCUT2D eigenvalue weighted by atomic mass is 10.0. The highest BCUT2D eigenvalue weighted by Crippen LogP contribution is 2.33. The van der Waals surface area contributed by atoms with Gasteiger partial charge in [0.05, 0.1) is 19.3 Å². The topological polar surface area (TPSA) is 56.3 Å². The number of hydrogen-bond donors (Lipinski definition) is 0. The summed E-state index contributed by atoms with van der Waals surface area (Å²) in [4.78, 5) is 2.55. The molecule has 6 nitrogen and oxygen atoms in total. The van der Waals surface area contributed by atoms with E-state index in [-0.39, 0.29) is 6.04 Å². The van der Waals surface area contributed by atoms with Crippen molar-refractivity contribution in [1.82, 2.24) is 19.8 Å². The molecule has 0 saturated carbocycles. The molecule has 2 aromatic heterocycles. The van der Waals surface area contributed by atoms with E-state index in [0.29, 0.717) is 0 Å². The molecule has 3 heterocycles. The average Bonchev–Trinajstić information content (AvgIpc) is 3.30. The molecule has 0 radical (unpaired) electrons. The van der Waals surface area contributed by atoms with Gasteiger partial charge in [0.2, 0.25) is 0 Å². The highest BCUT2D eigenvalue weighted by atomic mass is 16.5. The summed E-state index contributed by atoms with van der Waals surface area (Å²) in [6.07, 6.45) is 6.84. The number of aryl methyl sites for hydroxylation is 1. The Labute approximate surface area is 172 Å². The number of ether oxygens (including phenoxy) is 1. The lowest BCUT2D eigenvalue weighted by molar-refractivity contribution is 0.183. The Morgan fingerprint density at radius 2 is 2.00 bits per heavy atom. The van der Waals surface area contributed by atoms with Gasteiger partial charge in [-0.3, -0.25) is 9.58 Å². The Morgan fingerprint density at radius 1 is 1.17 bits per heavy atom. The van der Waals surface area contributed by atoms with Gasteiger partial charge in [0.1, 0.15) is 11.4 Å². The van der Waals surface area contributed by atoms with E-state index in [9.17, 15) is 0 Å². The number of nitrogens with zero attached hydrogens (tertiary/aromatic N) is 4. The zero-order valence-corrected chi connectivity index (χ0v) is 17.6. The second kappa shape index (κ2) is 8.82. The summed E-state index contributed by atoms with van der Waals surface area (Å²) >= 11 is 0. The van der Waals surface area contributed by atoms with Crippen LogP contribution in [0.2, 0.25) is 0 Å². The zero-order valence-electron chi connectivity index (χ0n) is 17.6. The molecule has 3 aromatic rings. The standard InChI is InChI=1S/C23H30N4O2/c1-4-27-17(2)19(15-24-27)16-26-13-7-5-6-8-22(26)21-14-23(29-25-21)18-9-11-20(28-3)12-10-18/h9-12,14-15,22H,4-8,13,16H2,1-3H3/t22-/m1/s1. The maximum Gasteiger partial charge on any atom is 0.167 e. The van der Waals surface area contributed by atoms with Crippen molar-refractivity contribution >= 4 is 0 Å². The maximum atomic E-state index is 5.73. The van der Waals surface area contributed by atoms with Crippen LogP contribution in [0.1, 0.15) is 55.6 Å². The summed E-state index contributed by atoms with van der Waals surface area (Å²) in [6, 6.07) is 10.3. The van der Waals surface area contributed by atoms with E-state index in [2.05, 4.69) is 39.8 Å². The number of methoxy groups -OCH3 is 1. The second-order valence-corrected chi connectivity index (χ2v) is 7.75. The molecule has 1 aliphatic heterocycles. The van der Waals surface area contributed by atoms with Crippen LogP contribution in [0.5, 0.6) is 5.75 Å². The highest BCUT2D eigenvalue weighted by molar-refractivity contribution is 5.58. The fraction of sp³-hybridized carbons (Fsp3) is 0.478. The van der Waals surface area contributed by atoms with Crippen molar-refractivity contribution < 1.29 is 9.26 Å². The molecule has 1 aliphatic rings. The average molecular weight is 395 g/mol. The minimum Gasteiger partial charge on any atom is -0.497 e. The van der Waals surface area contributed by atoms with Crippen molar-refractivity contribution in [1.29, 1.82) is 0 Å². The molecule has 0 amide bonds. The Morgan fingerprint density at radius 3 is 2.72 bits per heavy atom. The molecular weight excluding hydrogens is 364 g/mol. The summed E-state index contributed by atoms with van der Waals surface area (Å²) in [5, 5.41) is 8.99. The molecule has 1 atom stereocenters. The third-order valence-electron chi connectivity index (χ3n) is 5.99. The molecule has 6 heteroatoms. The van der Waals surface area contributed by atoms with Gasteiger partial charge in [0.15, 0.2) is 5.76 Å². The van der Waals surface area contributed by atoms with E-state index in [0.717, 1.165) is 48.8 Å². The van der Waals surface area contributed by atoms with Gasteiger partial charge in [0.25, 0.3) is 0 Å². The first kappa shape index (κ1) is 19.7. The van der Waals surface area contributed by atoms with E-state index >= 15 is 0 Å². The van der Waals surface area contributed by atoms with Crippen molar-refractivity contribution in [3.8, 4) is 17.1 Å². The minimum atomic E-state index is 0.276. The number of aromatic nitrogens is 3. The Balaban J connectivity index is 1.57. The number of hydrogen-bond acceptors (Lipinski definition) is 5. The lowest BCUT2D eigenvalue weighted by Gasteiger charge is -2.28. The monoisotopic (exact) mass is 394 g/mol. The molecule has 0 N–H and O–H groups in total. The first-order valence-electron chi connectivity index (χ1n) is 10.6. The van der Waals surface area contributed by atoms with Crippen molar-refractivity contribution in [3.05, 3.63) is 53.5 Å². The third-order valence-corrected chi connectivity index (χ3v) is 5.99. The SMILES string of the molecule is CCn1ncc(CN2CCCCC[C@@H]2c2cc(-c3ccc(OC)cc3)on2)c1C. The van der Waals surface area contributed by atoms with Gasteiger partial charge >= 0.3 is 0 Å². The number of likely N-dealkylation sites (tertiary alicyclic amines) is 1. The molecule has 0 bridgehead atoms. The molecule has 154 valence electrons. The van der Waals surface area contributed by atoms with Crippen LogP contribution in [0.25, 0.3) is 11.3 Å². The third kappa shape index (κ3) is 4.22. The molecule has 1 fully saturated rings. The van der Waals surface area contributed by atoms with Crippen LogP contribution in [-0.2, 0) is 13.1 Å². The van der Waals surface area contributed by atoms with Gasteiger partial charge in [-0.2, -0.15) is 5.10 Å². The van der Waals surface area contributed by atoms with Crippen molar-refractivity contribution in [2.75, 3.05) is 13.7 Å². The number of rotatable bonds is 6. The molecular formula is C23H30N4O2. The van der Waals surface area contributed by atoms with Crippen LogP contribution in [0.4, 0.5) is 0 Å². The summed E-state index contributed by atoms with van der Waals surface area (Å²) in [7, 11) is 1.67. The van der Waals surface area contributed by atoms with E-state index < -0.39 is 0 Å². The normalized spacial score (nSPS) is 18.0. The lowest BCUT2D eigenvalue weighted by Crippen LogP contribution is -2.28. The Bertz CT molecular complexity index is 929. The van der Waals surface area contributed by atoms with Gasteiger partial charge in [-0.05, 0) is 57.5 Å². The maximum absolute atomic E-state index is 5.73. The summed E-state index contributed by atoms with van der Waals surface area (Å²) in [5.74, 6) is 1.65. The Kier molecular flexibility index (Phi) is 6.00. The first-order valence-corrected chi connectivity index (χ1v) is 10.6. The fourth-order valence-electron chi connectivity index (χ4n) is 4.21. The van der Waals surface area contributed by atoms with Gasteiger partial charge in [-0.15, -0.1) is 0 Å². The molecule has 0 spiro atoms.